The second-order valence-electron chi connectivity index (χ2n) is 5.54. The maximum absolute atomic E-state index is 10.1. The molecule has 1 aliphatic rings. The van der Waals surface area contributed by atoms with E-state index in [-0.39, 0.29) is 12.0 Å². The fourth-order valence-electron chi connectivity index (χ4n) is 3.40. The molecule has 3 nitrogen and oxygen atoms in total. The highest BCUT2D eigenvalue weighted by molar-refractivity contribution is 5.87. The largest absolute Gasteiger partial charge is 0.464 e. The molecular weight excluding hydrogens is 240 g/mol. The van der Waals surface area contributed by atoms with Crippen molar-refractivity contribution in [1.29, 1.82) is 0 Å². The van der Waals surface area contributed by atoms with Crippen LogP contribution in [0, 0.1) is 6.92 Å². The van der Waals surface area contributed by atoms with E-state index in [9.17, 15) is 5.11 Å². The van der Waals surface area contributed by atoms with Gasteiger partial charge in [-0.15, -0.1) is 0 Å². The average molecular weight is 260 g/mol. The Hall–Kier alpha value is -1.32. The first kappa shape index (κ1) is 12.7. The highest BCUT2D eigenvalue weighted by atomic mass is 16.5. The maximum Gasteiger partial charge on any atom is 0.134 e. The second-order valence-corrected chi connectivity index (χ2v) is 5.54. The number of benzene rings is 1. The number of fused-ring (bicyclic) bond motifs is 2. The number of aliphatic hydroxyl groups excluding tert-OH is 1. The number of rotatable bonds is 2. The second kappa shape index (κ2) is 4.66. The number of furan rings is 1. The van der Waals surface area contributed by atoms with Crippen molar-refractivity contribution in [1.82, 2.24) is 0 Å². The normalized spacial score (nSPS) is 22.7. The van der Waals surface area contributed by atoms with E-state index in [1.807, 2.05) is 0 Å². The van der Waals surface area contributed by atoms with E-state index < -0.39 is 0 Å². The molecule has 1 N–H and O–H groups in total. The molecule has 0 radical (unpaired) electrons. The number of hydrogen-bond acceptors (Lipinski definition) is 3. The Morgan fingerprint density at radius 3 is 3.00 bits per heavy atom. The van der Waals surface area contributed by atoms with Crippen LogP contribution in [0.4, 0.5) is 0 Å². The van der Waals surface area contributed by atoms with Crippen molar-refractivity contribution in [2.45, 2.75) is 45.3 Å². The maximum atomic E-state index is 10.1. The predicted octanol–water partition coefficient (Wildman–Crippen LogP) is 3.30. The van der Waals surface area contributed by atoms with Gasteiger partial charge in [0.25, 0.3) is 0 Å². The molecule has 2 atom stereocenters. The van der Waals surface area contributed by atoms with Gasteiger partial charge in [0, 0.05) is 24.0 Å². The van der Waals surface area contributed by atoms with Crippen LogP contribution in [0.3, 0.4) is 0 Å². The molecule has 0 bridgehead atoms. The van der Waals surface area contributed by atoms with Gasteiger partial charge in [-0.1, -0.05) is 6.92 Å². The van der Waals surface area contributed by atoms with Crippen molar-refractivity contribution in [2.75, 3.05) is 7.11 Å². The molecule has 2 aromatic rings. The molecule has 0 saturated heterocycles. The van der Waals surface area contributed by atoms with Crippen LogP contribution in [-0.2, 0) is 17.8 Å². The highest BCUT2D eigenvalue weighted by Gasteiger charge is 2.28. The fraction of sp³-hybridized carbons (Fsp3) is 0.500. The first-order valence-corrected chi connectivity index (χ1v) is 6.83. The Bertz CT molecular complexity index is 612. The molecule has 19 heavy (non-hydrogen) atoms. The Kier molecular flexibility index (Phi) is 3.11. The van der Waals surface area contributed by atoms with Gasteiger partial charge in [-0.3, -0.25) is 0 Å². The topological polar surface area (TPSA) is 42.6 Å². The third-order valence-corrected chi connectivity index (χ3v) is 4.37. The lowest BCUT2D eigenvalue weighted by atomic mass is 9.78. The molecule has 0 saturated carbocycles. The molecule has 0 amide bonds. The van der Waals surface area contributed by atoms with Crippen LogP contribution in [0.2, 0.25) is 0 Å². The zero-order chi connectivity index (χ0) is 13.6. The van der Waals surface area contributed by atoms with Gasteiger partial charge in [-0.2, -0.15) is 0 Å². The molecule has 1 aromatic heterocycles. The van der Waals surface area contributed by atoms with E-state index in [0.717, 1.165) is 29.4 Å². The smallest absolute Gasteiger partial charge is 0.134 e. The fourth-order valence-corrected chi connectivity index (χ4v) is 3.40. The van der Waals surface area contributed by atoms with Crippen molar-refractivity contribution in [2.24, 2.45) is 0 Å². The molecule has 1 aliphatic carbocycles. The summed E-state index contributed by atoms with van der Waals surface area (Å²) in [7, 11) is 1.69. The summed E-state index contributed by atoms with van der Waals surface area (Å²) in [4.78, 5) is 0. The van der Waals surface area contributed by atoms with Crippen LogP contribution in [0.1, 0.15) is 41.5 Å². The van der Waals surface area contributed by atoms with Crippen LogP contribution in [-0.4, -0.2) is 18.3 Å². The van der Waals surface area contributed by atoms with Crippen molar-refractivity contribution < 1.29 is 14.3 Å². The van der Waals surface area contributed by atoms with Gasteiger partial charge in [-0.25, -0.2) is 0 Å². The van der Waals surface area contributed by atoms with E-state index >= 15 is 0 Å². The van der Waals surface area contributed by atoms with Crippen LogP contribution in [0.5, 0.6) is 0 Å². The summed E-state index contributed by atoms with van der Waals surface area (Å²) in [5, 5.41) is 11.3. The Morgan fingerprint density at radius 2 is 2.26 bits per heavy atom. The van der Waals surface area contributed by atoms with Crippen LogP contribution in [0.15, 0.2) is 16.7 Å². The van der Waals surface area contributed by atoms with Gasteiger partial charge in [0.1, 0.15) is 5.58 Å². The van der Waals surface area contributed by atoms with Crippen LogP contribution in [0.25, 0.3) is 11.0 Å². The lowest BCUT2D eigenvalue weighted by Gasteiger charge is -2.29. The molecular formula is C16H20O3. The third-order valence-electron chi connectivity index (χ3n) is 4.37. The quantitative estimate of drug-likeness (QED) is 0.901. The molecule has 0 fully saturated rings. The van der Waals surface area contributed by atoms with Crippen molar-refractivity contribution in [3.8, 4) is 0 Å². The number of methoxy groups -OCH3 is 1. The SMILES string of the molecule is COCc1coc2cc3c(c(C)c12)C(C)C(O)CC3. The number of aliphatic hydroxyl groups is 1. The minimum absolute atomic E-state index is 0.193. The summed E-state index contributed by atoms with van der Waals surface area (Å²) in [6.07, 6.45) is 3.32. The van der Waals surface area contributed by atoms with Gasteiger partial charge in [0.05, 0.1) is 19.0 Å². The van der Waals surface area contributed by atoms with Gasteiger partial charge in [0.15, 0.2) is 0 Å². The molecule has 0 aliphatic heterocycles. The van der Waals surface area contributed by atoms with Crippen LogP contribution < -0.4 is 0 Å². The van der Waals surface area contributed by atoms with Gasteiger partial charge < -0.3 is 14.3 Å². The number of aryl methyl sites for hydroxylation is 2. The molecule has 3 rings (SSSR count). The Balaban J connectivity index is 2.24. The lowest BCUT2D eigenvalue weighted by Crippen LogP contribution is -2.24. The van der Waals surface area contributed by atoms with Crippen LogP contribution >= 0.6 is 0 Å². The molecule has 0 spiro atoms. The molecule has 102 valence electrons. The van der Waals surface area contributed by atoms with Crippen molar-refractivity contribution in [3.63, 3.8) is 0 Å². The summed E-state index contributed by atoms with van der Waals surface area (Å²) in [5.41, 5.74) is 5.88. The minimum Gasteiger partial charge on any atom is -0.464 e. The first-order valence-electron chi connectivity index (χ1n) is 6.83. The minimum atomic E-state index is -0.235. The molecule has 1 aromatic carbocycles. The van der Waals surface area contributed by atoms with E-state index in [4.69, 9.17) is 9.15 Å². The van der Waals surface area contributed by atoms with E-state index in [1.165, 1.54) is 16.7 Å². The standard InChI is InChI=1S/C16H20O3/c1-9-13(17)5-4-11-6-14-16(10(2)15(9)11)12(7-18-3)8-19-14/h6,8-9,13,17H,4-5,7H2,1-3H3. The van der Waals surface area contributed by atoms with E-state index in [2.05, 4.69) is 19.9 Å². The molecule has 2 unspecified atom stereocenters. The van der Waals surface area contributed by atoms with Gasteiger partial charge >= 0.3 is 0 Å². The summed E-state index contributed by atoms with van der Waals surface area (Å²) in [6, 6.07) is 2.14. The number of ether oxygens (including phenoxy) is 1. The third kappa shape index (κ3) is 1.88. The average Bonchev–Trinajstić information content (AvgIpc) is 2.78. The van der Waals surface area contributed by atoms with Crippen molar-refractivity contribution >= 4 is 11.0 Å². The summed E-state index contributed by atoms with van der Waals surface area (Å²) in [5.74, 6) is 0.193. The molecule has 1 heterocycles. The van der Waals surface area contributed by atoms with E-state index in [0.29, 0.717) is 6.61 Å². The summed E-state index contributed by atoms with van der Waals surface area (Å²) < 4.78 is 10.9. The van der Waals surface area contributed by atoms with Gasteiger partial charge in [0.2, 0.25) is 0 Å². The Morgan fingerprint density at radius 1 is 1.47 bits per heavy atom. The highest BCUT2D eigenvalue weighted by Crippen LogP contribution is 2.39. The predicted molar refractivity (Wildman–Crippen MR) is 74.4 cm³/mol. The lowest BCUT2D eigenvalue weighted by molar-refractivity contribution is 0.132. The van der Waals surface area contributed by atoms with E-state index in [1.54, 1.807) is 13.4 Å². The Labute approximate surface area is 113 Å². The summed E-state index contributed by atoms with van der Waals surface area (Å²) >= 11 is 0. The van der Waals surface area contributed by atoms with Crippen molar-refractivity contribution in [3.05, 3.63) is 34.6 Å². The monoisotopic (exact) mass is 260 g/mol. The molecule has 3 heteroatoms. The zero-order valence-corrected chi connectivity index (χ0v) is 11.7. The summed E-state index contributed by atoms with van der Waals surface area (Å²) in [6.45, 7) is 4.80. The zero-order valence-electron chi connectivity index (χ0n) is 11.7. The first-order chi connectivity index (χ1) is 9.13. The number of hydrogen-bond donors (Lipinski definition) is 1. The van der Waals surface area contributed by atoms with Gasteiger partial charge in [-0.05, 0) is 42.5 Å².